The van der Waals surface area contributed by atoms with Gasteiger partial charge >= 0.3 is 0 Å². The SMILES string of the molecule is CN=C(NCCc1ncc(C)s1)NCc1cccnc1OC. The predicted octanol–water partition coefficient (Wildman–Crippen LogP) is 1.76. The molecule has 0 atom stereocenters. The fourth-order valence-electron chi connectivity index (χ4n) is 1.95. The van der Waals surface area contributed by atoms with Gasteiger partial charge in [-0.05, 0) is 13.0 Å². The lowest BCUT2D eigenvalue weighted by Crippen LogP contribution is -2.37. The molecule has 22 heavy (non-hydrogen) atoms. The zero-order valence-corrected chi connectivity index (χ0v) is 13.9. The van der Waals surface area contributed by atoms with Gasteiger partial charge in [0.15, 0.2) is 5.96 Å². The van der Waals surface area contributed by atoms with Crippen molar-refractivity contribution in [2.75, 3.05) is 20.7 Å². The van der Waals surface area contributed by atoms with Crippen molar-refractivity contribution in [1.29, 1.82) is 0 Å². The Balaban J connectivity index is 1.80. The van der Waals surface area contributed by atoms with Crippen molar-refractivity contribution in [1.82, 2.24) is 20.6 Å². The van der Waals surface area contributed by atoms with E-state index in [-0.39, 0.29) is 0 Å². The van der Waals surface area contributed by atoms with Crippen LogP contribution in [0.1, 0.15) is 15.4 Å². The molecule has 2 aromatic heterocycles. The summed E-state index contributed by atoms with van der Waals surface area (Å²) in [5.74, 6) is 1.38. The summed E-state index contributed by atoms with van der Waals surface area (Å²) in [7, 11) is 3.37. The van der Waals surface area contributed by atoms with Crippen LogP contribution in [-0.2, 0) is 13.0 Å². The van der Waals surface area contributed by atoms with E-state index in [2.05, 4.69) is 32.5 Å². The number of pyridine rings is 1. The van der Waals surface area contributed by atoms with Gasteiger partial charge in [0.2, 0.25) is 5.88 Å². The van der Waals surface area contributed by atoms with E-state index in [1.54, 1.807) is 31.7 Å². The highest BCUT2D eigenvalue weighted by Crippen LogP contribution is 2.13. The maximum absolute atomic E-state index is 5.23. The number of ether oxygens (including phenoxy) is 1. The Morgan fingerprint density at radius 2 is 2.23 bits per heavy atom. The summed E-state index contributed by atoms with van der Waals surface area (Å²) in [6.45, 7) is 3.46. The molecule has 2 aromatic rings. The number of thiazole rings is 1. The summed E-state index contributed by atoms with van der Waals surface area (Å²) in [6, 6.07) is 3.87. The first-order valence-electron chi connectivity index (χ1n) is 7.06. The molecule has 6 nitrogen and oxygen atoms in total. The number of methoxy groups -OCH3 is 1. The van der Waals surface area contributed by atoms with Crippen LogP contribution in [0.15, 0.2) is 29.5 Å². The van der Waals surface area contributed by atoms with E-state index in [9.17, 15) is 0 Å². The minimum atomic E-state index is 0.604. The number of rotatable bonds is 6. The molecule has 7 heteroatoms. The molecule has 0 fully saturated rings. The van der Waals surface area contributed by atoms with Gasteiger partial charge in [0.25, 0.3) is 0 Å². The summed E-state index contributed by atoms with van der Waals surface area (Å²) in [6.07, 6.45) is 4.50. The number of aryl methyl sites for hydroxylation is 1. The van der Waals surface area contributed by atoms with Gasteiger partial charge in [-0.2, -0.15) is 0 Å². The first-order valence-corrected chi connectivity index (χ1v) is 7.88. The molecular weight excluding hydrogens is 298 g/mol. The van der Waals surface area contributed by atoms with Crippen molar-refractivity contribution in [2.24, 2.45) is 4.99 Å². The molecule has 0 aliphatic carbocycles. The smallest absolute Gasteiger partial charge is 0.218 e. The Morgan fingerprint density at radius 3 is 2.91 bits per heavy atom. The highest BCUT2D eigenvalue weighted by Gasteiger charge is 2.05. The Hall–Kier alpha value is -2.15. The molecule has 0 radical (unpaired) electrons. The van der Waals surface area contributed by atoms with Gasteiger partial charge in [-0.3, -0.25) is 4.99 Å². The molecule has 0 aliphatic heterocycles. The molecule has 0 bridgehead atoms. The summed E-state index contributed by atoms with van der Waals surface area (Å²) in [5.41, 5.74) is 0.989. The monoisotopic (exact) mass is 319 g/mol. The normalized spacial score (nSPS) is 11.3. The van der Waals surface area contributed by atoms with E-state index >= 15 is 0 Å². The predicted molar refractivity (Wildman–Crippen MR) is 89.5 cm³/mol. The van der Waals surface area contributed by atoms with Gasteiger partial charge in [0, 0.05) is 49.4 Å². The van der Waals surface area contributed by atoms with Gasteiger partial charge in [-0.1, -0.05) is 6.07 Å². The Labute approximate surface area is 134 Å². The average molecular weight is 319 g/mol. The molecule has 0 unspecified atom stereocenters. The molecule has 0 saturated carbocycles. The van der Waals surface area contributed by atoms with Crippen molar-refractivity contribution in [3.8, 4) is 5.88 Å². The lowest BCUT2D eigenvalue weighted by molar-refractivity contribution is 0.392. The molecule has 2 N–H and O–H groups in total. The maximum Gasteiger partial charge on any atom is 0.218 e. The van der Waals surface area contributed by atoms with Crippen LogP contribution < -0.4 is 15.4 Å². The van der Waals surface area contributed by atoms with Gasteiger partial charge in [-0.25, -0.2) is 9.97 Å². The van der Waals surface area contributed by atoms with Crippen molar-refractivity contribution in [3.63, 3.8) is 0 Å². The van der Waals surface area contributed by atoms with Crippen LogP contribution in [-0.4, -0.2) is 36.6 Å². The number of aliphatic imine (C=N–C) groups is 1. The van der Waals surface area contributed by atoms with Gasteiger partial charge in [0.1, 0.15) is 0 Å². The second-order valence-electron chi connectivity index (χ2n) is 4.64. The van der Waals surface area contributed by atoms with Crippen LogP contribution in [0.3, 0.4) is 0 Å². The highest BCUT2D eigenvalue weighted by atomic mass is 32.1. The third-order valence-electron chi connectivity index (χ3n) is 3.01. The minimum Gasteiger partial charge on any atom is -0.481 e. The highest BCUT2D eigenvalue weighted by molar-refractivity contribution is 7.11. The van der Waals surface area contributed by atoms with Crippen molar-refractivity contribution in [3.05, 3.63) is 40.0 Å². The first kappa shape index (κ1) is 16.2. The number of nitrogens with zero attached hydrogens (tertiary/aromatic N) is 3. The average Bonchev–Trinajstić information content (AvgIpc) is 2.96. The van der Waals surface area contributed by atoms with E-state index < -0.39 is 0 Å². The Kier molecular flexibility index (Phi) is 6.14. The van der Waals surface area contributed by atoms with Gasteiger partial charge < -0.3 is 15.4 Å². The van der Waals surface area contributed by atoms with Crippen molar-refractivity contribution < 1.29 is 4.74 Å². The summed E-state index contributed by atoms with van der Waals surface area (Å²) in [4.78, 5) is 14.0. The molecule has 0 amide bonds. The van der Waals surface area contributed by atoms with Crippen LogP contribution in [0.4, 0.5) is 0 Å². The van der Waals surface area contributed by atoms with Crippen molar-refractivity contribution >= 4 is 17.3 Å². The lowest BCUT2D eigenvalue weighted by Gasteiger charge is -2.12. The molecular formula is C15H21N5OS. The molecule has 0 aromatic carbocycles. The zero-order chi connectivity index (χ0) is 15.8. The van der Waals surface area contributed by atoms with Crippen LogP contribution in [0.25, 0.3) is 0 Å². The zero-order valence-electron chi connectivity index (χ0n) is 13.1. The Morgan fingerprint density at radius 1 is 1.36 bits per heavy atom. The number of hydrogen-bond acceptors (Lipinski definition) is 5. The molecule has 2 rings (SSSR count). The molecule has 0 saturated heterocycles. The van der Waals surface area contributed by atoms with E-state index in [1.807, 2.05) is 18.3 Å². The van der Waals surface area contributed by atoms with E-state index in [0.29, 0.717) is 12.4 Å². The summed E-state index contributed by atoms with van der Waals surface area (Å²) < 4.78 is 5.23. The summed E-state index contributed by atoms with van der Waals surface area (Å²) >= 11 is 1.73. The molecule has 118 valence electrons. The molecule has 0 spiro atoms. The fraction of sp³-hybridized carbons (Fsp3) is 0.400. The fourth-order valence-corrected chi connectivity index (χ4v) is 2.73. The van der Waals surface area contributed by atoms with E-state index in [4.69, 9.17) is 4.74 Å². The van der Waals surface area contributed by atoms with E-state index in [0.717, 1.165) is 29.5 Å². The second kappa shape index (κ2) is 8.33. The standard InChI is InChI=1S/C15H21N5OS/c1-11-9-19-13(22-11)6-8-18-15(16-2)20-10-12-5-4-7-17-14(12)21-3/h4-5,7,9H,6,8,10H2,1-3H3,(H2,16,18,20). The number of guanidine groups is 1. The quantitative estimate of drug-likeness (QED) is 0.627. The third-order valence-corrected chi connectivity index (χ3v) is 3.99. The maximum atomic E-state index is 5.23. The first-order chi connectivity index (χ1) is 10.7. The second-order valence-corrected chi connectivity index (χ2v) is 5.96. The van der Waals surface area contributed by atoms with Crippen LogP contribution in [0.2, 0.25) is 0 Å². The van der Waals surface area contributed by atoms with Gasteiger partial charge in [-0.15, -0.1) is 11.3 Å². The largest absolute Gasteiger partial charge is 0.481 e. The Bertz CT molecular complexity index is 626. The number of aromatic nitrogens is 2. The van der Waals surface area contributed by atoms with Gasteiger partial charge in [0.05, 0.1) is 12.1 Å². The minimum absolute atomic E-state index is 0.604. The summed E-state index contributed by atoms with van der Waals surface area (Å²) in [5, 5.41) is 7.67. The molecule has 0 aliphatic rings. The topological polar surface area (TPSA) is 71.4 Å². The third kappa shape index (κ3) is 4.70. The van der Waals surface area contributed by atoms with Crippen LogP contribution in [0.5, 0.6) is 5.88 Å². The lowest BCUT2D eigenvalue weighted by atomic mass is 10.2. The number of nitrogens with one attached hydrogen (secondary N) is 2. The van der Waals surface area contributed by atoms with Crippen molar-refractivity contribution in [2.45, 2.75) is 19.9 Å². The molecule has 2 heterocycles. The van der Waals surface area contributed by atoms with Crippen LogP contribution >= 0.6 is 11.3 Å². The number of hydrogen-bond donors (Lipinski definition) is 2. The van der Waals surface area contributed by atoms with Crippen LogP contribution in [0, 0.1) is 6.92 Å². The van der Waals surface area contributed by atoms with E-state index in [1.165, 1.54) is 4.88 Å².